The molecular weight excluding hydrogens is 186 g/mol. The second kappa shape index (κ2) is 4.56. The number of halogens is 2. The van der Waals surface area contributed by atoms with Gasteiger partial charge in [-0.3, -0.25) is 0 Å². The van der Waals surface area contributed by atoms with Crippen LogP contribution in [0.1, 0.15) is 46.0 Å². The smallest absolute Gasteiger partial charge is 0.248 e. The van der Waals surface area contributed by atoms with Crippen molar-refractivity contribution in [1.82, 2.24) is 0 Å². The Bertz CT molecular complexity index is 182. The molecule has 1 N–H and O–H groups in total. The minimum atomic E-state index is -2.55. The van der Waals surface area contributed by atoms with Crippen LogP contribution in [0, 0.1) is 11.8 Å². The third-order valence-corrected chi connectivity index (χ3v) is 3.31. The molecule has 1 aliphatic carbocycles. The Labute approximate surface area is 84.5 Å². The molecule has 0 heterocycles. The normalized spacial score (nSPS) is 34.1. The number of alkyl halides is 2. The topological polar surface area (TPSA) is 20.2 Å². The summed E-state index contributed by atoms with van der Waals surface area (Å²) in [5.41, 5.74) is 0. The van der Waals surface area contributed by atoms with Gasteiger partial charge in [0.15, 0.2) is 0 Å². The predicted octanol–water partition coefficient (Wildman–Crippen LogP) is 3.22. The van der Waals surface area contributed by atoms with Crippen molar-refractivity contribution in [3.8, 4) is 0 Å². The summed E-state index contributed by atoms with van der Waals surface area (Å²) in [6.45, 7) is 4.02. The average Bonchev–Trinajstić information content (AvgIpc) is 2.10. The Kier molecular flexibility index (Phi) is 3.87. The van der Waals surface area contributed by atoms with Crippen LogP contribution in [-0.2, 0) is 0 Å². The third-order valence-electron chi connectivity index (χ3n) is 3.31. The first-order valence-corrected chi connectivity index (χ1v) is 5.52. The Morgan fingerprint density at radius 3 is 2.71 bits per heavy atom. The maximum absolute atomic E-state index is 13.1. The summed E-state index contributed by atoms with van der Waals surface area (Å²) in [5.74, 6) is -2.55. The molecule has 0 aromatic heterocycles. The van der Waals surface area contributed by atoms with Crippen LogP contribution in [0.3, 0.4) is 0 Å². The molecule has 0 saturated heterocycles. The van der Waals surface area contributed by atoms with Crippen molar-refractivity contribution in [2.75, 3.05) is 0 Å². The van der Waals surface area contributed by atoms with E-state index in [1.807, 2.05) is 13.8 Å². The molecule has 0 aromatic rings. The first-order chi connectivity index (χ1) is 6.46. The van der Waals surface area contributed by atoms with Gasteiger partial charge in [0.05, 0.1) is 6.10 Å². The van der Waals surface area contributed by atoms with Gasteiger partial charge in [-0.25, -0.2) is 8.78 Å². The number of hydrogen-bond donors (Lipinski definition) is 1. The molecule has 1 nitrogen and oxygen atoms in total. The summed E-state index contributed by atoms with van der Waals surface area (Å²) < 4.78 is 26.2. The van der Waals surface area contributed by atoms with E-state index in [2.05, 4.69) is 0 Å². The number of hydrogen-bond acceptors (Lipinski definition) is 1. The van der Waals surface area contributed by atoms with Crippen molar-refractivity contribution >= 4 is 0 Å². The zero-order valence-electron chi connectivity index (χ0n) is 8.97. The van der Waals surface area contributed by atoms with E-state index < -0.39 is 12.0 Å². The molecule has 3 heteroatoms. The van der Waals surface area contributed by atoms with E-state index in [0.29, 0.717) is 0 Å². The molecule has 1 rings (SSSR count). The highest BCUT2D eigenvalue weighted by Crippen LogP contribution is 2.41. The first kappa shape index (κ1) is 11.9. The van der Waals surface area contributed by atoms with Crippen LogP contribution in [0.5, 0.6) is 0 Å². The van der Waals surface area contributed by atoms with Crippen molar-refractivity contribution < 1.29 is 13.9 Å². The van der Waals surface area contributed by atoms with Gasteiger partial charge in [0, 0.05) is 12.8 Å². The van der Waals surface area contributed by atoms with Crippen LogP contribution in [0.15, 0.2) is 0 Å². The molecule has 84 valence electrons. The Morgan fingerprint density at radius 1 is 1.50 bits per heavy atom. The minimum Gasteiger partial charge on any atom is -0.393 e. The molecule has 0 radical (unpaired) electrons. The molecule has 0 aromatic carbocycles. The third kappa shape index (κ3) is 2.91. The summed E-state index contributed by atoms with van der Waals surface area (Å²) in [6.07, 6.45) is 1.38. The largest absolute Gasteiger partial charge is 0.393 e. The lowest BCUT2D eigenvalue weighted by Crippen LogP contribution is -2.38. The Hall–Kier alpha value is -0.180. The molecule has 1 saturated carbocycles. The van der Waals surface area contributed by atoms with Gasteiger partial charge in [0.1, 0.15) is 0 Å². The summed E-state index contributed by atoms with van der Waals surface area (Å²) in [5, 5.41) is 9.66. The van der Waals surface area contributed by atoms with E-state index in [4.69, 9.17) is 0 Å². The molecule has 1 aliphatic rings. The van der Waals surface area contributed by atoms with E-state index in [1.165, 1.54) is 0 Å². The SMILES string of the molecule is CCCC(C)C1CC(F)(F)CCC1O. The van der Waals surface area contributed by atoms with Crippen LogP contribution < -0.4 is 0 Å². The maximum Gasteiger partial charge on any atom is 0.248 e. The van der Waals surface area contributed by atoms with E-state index in [1.54, 1.807) is 0 Å². The molecule has 0 spiro atoms. The van der Waals surface area contributed by atoms with Crippen LogP contribution in [0.2, 0.25) is 0 Å². The molecule has 3 unspecified atom stereocenters. The number of aliphatic hydroxyl groups excluding tert-OH is 1. The summed E-state index contributed by atoms with van der Waals surface area (Å²) in [6, 6.07) is 0. The second-order valence-corrected chi connectivity index (χ2v) is 4.60. The van der Waals surface area contributed by atoms with Gasteiger partial charge in [-0.05, 0) is 18.3 Å². The fourth-order valence-corrected chi connectivity index (χ4v) is 2.41. The average molecular weight is 206 g/mol. The summed E-state index contributed by atoms with van der Waals surface area (Å²) in [7, 11) is 0. The van der Waals surface area contributed by atoms with Crippen molar-refractivity contribution in [3.63, 3.8) is 0 Å². The molecular formula is C11H20F2O. The highest BCUT2D eigenvalue weighted by atomic mass is 19.3. The van der Waals surface area contributed by atoms with Crippen LogP contribution in [0.4, 0.5) is 8.78 Å². The van der Waals surface area contributed by atoms with Crippen LogP contribution >= 0.6 is 0 Å². The maximum atomic E-state index is 13.1. The standard InChI is InChI=1S/C11H20F2O/c1-3-4-8(2)9-7-11(12,13)6-5-10(9)14/h8-10,14H,3-7H2,1-2H3. The second-order valence-electron chi connectivity index (χ2n) is 4.60. The lowest BCUT2D eigenvalue weighted by atomic mass is 9.75. The summed E-state index contributed by atoms with van der Waals surface area (Å²) >= 11 is 0. The van der Waals surface area contributed by atoms with Crippen molar-refractivity contribution in [2.24, 2.45) is 11.8 Å². The van der Waals surface area contributed by atoms with E-state index in [0.717, 1.165) is 12.8 Å². The fraction of sp³-hybridized carbons (Fsp3) is 1.00. The van der Waals surface area contributed by atoms with Gasteiger partial charge < -0.3 is 5.11 Å². The molecule has 0 aliphatic heterocycles. The molecule has 3 atom stereocenters. The number of aliphatic hydroxyl groups is 1. The summed E-state index contributed by atoms with van der Waals surface area (Å²) in [4.78, 5) is 0. The number of rotatable bonds is 3. The highest BCUT2D eigenvalue weighted by molar-refractivity contribution is 4.86. The lowest BCUT2D eigenvalue weighted by molar-refractivity contribution is -0.104. The van der Waals surface area contributed by atoms with E-state index in [-0.39, 0.29) is 31.1 Å². The van der Waals surface area contributed by atoms with Crippen molar-refractivity contribution in [3.05, 3.63) is 0 Å². The van der Waals surface area contributed by atoms with Crippen molar-refractivity contribution in [2.45, 2.75) is 58.0 Å². The Morgan fingerprint density at radius 2 is 2.14 bits per heavy atom. The van der Waals surface area contributed by atoms with Gasteiger partial charge in [-0.1, -0.05) is 26.7 Å². The fourth-order valence-electron chi connectivity index (χ4n) is 2.41. The molecule has 0 bridgehead atoms. The molecule has 1 fully saturated rings. The molecule has 14 heavy (non-hydrogen) atoms. The molecule has 0 amide bonds. The minimum absolute atomic E-state index is 0.130. The quantitative estimate of drug-likeness (QED) is 0.751. The predicted molar refractivity (Wildman–Crippen MR) is 52.4 cm³/mol. The van der Waals surface area contributed by atoms with E-state index >= 15 is 0 Å². The Balaban J connectivity index is 2.56. The van der Waals surface area contributed by atoms with E-state index in [9.17, 15) is 13.9 Å². The van der Waals surface area contributed by atoms with Crippen molar-refractivity contribution in [1.29, 1.82) is 0 Å². The van der Waals surface area contributed by atoms with Crippen LogP contribution in [-0.4, -0.2) is 17.1 Å². The van der Waals surface area contributed by atoms with Gasteiger partial charge in [0.25, 0.3) is 0 Å². The van der Waals surface area contributed by atoms with Gasteiger partial charge in [-0.2, -0.15) is 0 Å². The highest BCUT2D eigenvalue weighted by Gasteiger charge is 2.42. The van der Waals surface area contributed by atoms with Gasteiger partial charge in [-0.15, -0.1) is 0 Å². The monoisotopic (exact) mass is 206 g/mol. The zero-order chi connectivity index (χ0) is 10.8. The lowest BCUT2D eigenvalue weighted by Gasteiger charge is -2.36. The van der Waals surface area contributed by atoms with Gasteiger partial charge in [0.2, 0.25) is 5.92 Å². The zero-order valence-corrected chi connectivity index (χ0v) is 8.97. The van der Waals surface area contributed by atoms with Crippen LogP contribution in [0.25, 0.3) is 0 Å². The van der Waals surface area contributed by atoms with Gasteiger partial charge >= 0.3 is 0 Å². The first-order valence-electron chi connectivity index (χ1n) is 5.52.